The molecule has 5 rings (SSSR count). The Morgan fingerprint density at radius 3 is 2.03 bits per heavy atom. The fraction of sp³-hybridized carbons (Fsp3) is 0.194. The van der Waals surface area contributed by atoms with Gasteiger partial charge in [0.1, 0.15) is 11.4 Å². The number of rotatable bonds is 8. The third-order valence-electron chi connectivity index (χ3n) is 6.25. The lowest BCUT2D eigenvalue weighted by Crippen LogP contribution is -2.39. The van der Waals surface area contributed by atoms with Gasteiger partial charge in [-0.1, -0.05) is 66.8 Å². The van der Waals surface area contributed by atoms with Crippen LogP contribution >= 0.6 is 0 Å². The number of nitrogens with one attached hydrogen (secondary N) is 1. The average molecular weight is 497 g/mol. The van der Waals surface area contributed by atoms with Gasteiger partial charge in [-0.25, -0.2) is 4.79 Å². The smallest absolute Gasteiger partial charge is 0.345 e. The first-order chi connectivity index (χ1) is 17.5. The molecule has 0 spiro atoms. The first kappa shape index (κ1) is 24.0. The van der Waals surface area contributed by atoms with Crippen LogP contribution in [0.4, 0.5) is 0 Å². The summed E-state index contributed by atoms with van der Waals surface area (Å²) in [5, 5.41) is 3.46. The van der Waals surface area contributed by atoms with Crippen LogP contribution < -0.4 is 10.1 Å². The number of fused-ring (bicyclic) bond motifs is 1. The van der Waals surface area contributed by atoms with Gasteiger partial charge in [-0.15, -0.1) is 0 Å². The molecule has 0 amide bonds. The molecule has 3 aromatic carbocycles. The number of allylic oxidation sites excluding steroid dienone is 2. The van der Waals surface area contributed by atoms with Crippen molar-refractivity contribution in [3.63, 3.8) is 0 Å². The molecule has 4 nitrogen and oxygen atoms in total. The Morgan fingerprint density at radius 2 is 1.42 bits per heavy atom. The quantitative estimate of drug-likeness (QED) is 0.303. The minimum Gasteiger partial charge on any atom is -0.482 e. The van der Waals surface area contributed by atoms with Gasteiger partial charge in [-0.3, -0.25) is 0 Å². The fourth-order valence-electron chi connectivity index (χ4n) is 4.43. The van der Waals surface area contributed by atoms with Crippen molar-refractivity contribution < 1.29 is 14.3 Å². The molecule has 36 heavy (non-hydrogen) atoms. The summed E-state index contributed by atoms with van der Waals surface area (Å²) < 4.78 is 11.6. The number of carbonyl (C=O) groups is 1. The highest BCUT2D eigenvalue weighted by Crippen LogP contribution is 2.32. The monoisotopic (exact) mass is 496 g/mol. The number of benzene rings is 3. The second-order valence-corrected chi connectivity index (χ2v) is 11.3. The van der Waals surface area contributed by atoms with Crippen molar-refractivity contribution >= 4 is 16.9 Å². The second kappa shape index (κ2) is 10.5. The van der Waals surface area contributed by atoms with Crippen molar-refractivity contribution in [3.05, 3.63) is 121 Å². The van der Waals surface area contributed by atoms with Gasteiger partial charge in [0.25, 0.3) is 0 Å². The van der Waals surface area contributed by atoms with Gasteiger partial charge in [0.2, 0.25) is 0 Å². The standard InChI is InChI=1S/C31H30NO3S/c1-31(2,29-21-23-11-9-10-16-28(23)32-29)35-30(33)22-34-24-17-19-27(20-18-24)36(25-12-5-3-6-13-25)26-14-7-4-8-15-26/h3-21,23,28,32H,22H2,1-2H3/q+1. The Labute approximate surface area is 215 Å². The average Bonchev–Trinajstić information content (AvgIpc) is 3.35. The molecule has 1 heterocycles. The number of hydrogen-bond acceptors (Lipinski definition) is 4. The molecule has 0 saturated heterocycles. The number of hydrogen-bond donors (Lipinski definition) is 1. The summed E-state index contributed by atoms with van der Waals surface area (Å²) in [7, 11) is -0.224. The van der Waals surface area contributed by atoms with Gasteiger partial charge in [0, 0.05) is 5.92 Å². The Balaban J connectivity index is 1.22. The summed E-state index contributed by atoms with van der Waals surface area (Å²) in [5.41, 5.74) is 0.156. The normalized spacial score (nSPS) is 18.4. The topological polar surface area (TPSA) is 47.6 Å². The summed E-state index contributed by atoms with van der Waals surface area (Å²) in [6.45, 7) is 3.65. The summed E-state index contributed by atoms with van der Waals surface area (Å²) >= 11 is 0. The van der Waals surface area contributed by atoms with Gasteiger partial charge in [-0.2, -0.15) is 0 Å². The molecule has 0 saturated carbocycles. The maximum Gasteiger partial charge on any atom is 0.345 e. The molecule has 5 heteroatoms. The number of carbonyl (C=O) groups excluding carboxylic acids is 1. The Bertz CT molecular complexity index is 1240. The predicted octanol–water partition coefficient (Wildman–Crippen LogP) is 6.08. The molecule has 0 fully saturated rings. The van der Waals surface area contributed by atoms with Crippen LogP contribution in [0.1, 0.15) is 13.8 Å². The molecule has 1 aliphatic heterocycles. The van der Waals surface area contributed by atoms with Crippen LogP contribution in [0.3, 0.4) is 0 Å². The first-order valence-corrected chi connectivity index (χ1v) is 13.3. The van der Waals surface area contributed by atoms with Crippen LogP contribution in [-0.2, 0) is 20.4 Å². The summed E-state index contributed by atoms with van der Waals surface area (Å²) in [5.74, 6) is 0.521. The van der Waals surface area contributed by atoms with Gasteiger partial charge < -0.3 is 14.8 Å². The van der Waals surface area contributed by atoms with E-state index in [1.807, 2.05) is 50.3 Å². The molecule has 1 N–H and O–H groups in total. The van der Waals surface area contributed by atoms with E-state index in [-0.39, 0.29) is 29.5 Å². The van der Waals surface area contributed by atoms with Gasteiger partial charge in [-0.05, 0) is 62.4 Å². The lowest BCUT2D eigenvalue weighted by molar-refractivity contribution is -0.156. The fourth-order valence-corrected chi connectivity index (χ4v) is 6.51. The first-order valence-electron chi connectivity index (χ1n) is 12.1. The molecule has 2 unspecified atom stereocenters. The van der Waals surface area contributed by atoms with Crippen molar-refractivity contribution in [3.8, 4) is 5.75 Å². The zero-order chi connectivity index (χ0) is 25.0. The summed E-state index contributed by atoms with van der Waals surface area (Å²) in [4.78, 5) is 16.3. The van der Waals surface area contributed by atoms with E-state index in [0.717, 1.165) is 5.70 Å². The van der Waals surface area contributed by atoms with Crippen LogP contribution in [0.2, 0.25) is 0 Å². The molecule has 2 aliphatic rings. The lowest BCUT2D eigenvalue weighted by atomic mass is 9.97. The highest BCUT2D eigenvalue weighted by atomic mass is 32.2. The Hall–Kier alpha value is -3.70. The van der Waals surface area contributed by atoms with Gasteiger partial charge in [0.05, 0.1) is 22.6 Å². The van der Waals surface area contributed by atoms with Crippen molar-refractivity contribution in [1.82, 2.24) is 5.32 Å². The molecule has 0 radical (unpaired) electrons. The minimum absolute atomic E-state index is 0.147. The van der Waals surface area contributed by atoms with Gasteiger partial charge in [0.15, 0.2) is 21.3 Å². The van der Waals surface area contributed by atoms with Crippen LogP contribution in [0.25, 0.3) is 0 Å². The molecular formula is C31H30NO3S+. The van der Waals surface area contributed by atoms with E-state index in [0.29, 0.717) is 5.75 Å². The molecule has 0 bridgehead atoms. The van der Waals surface area contributed by atoms with E-state index in [2.05, 4.69) is 84.2 Å². The molecule has 3 aromatic rings. The summed E-state index contributed by atoms with van der Waals surface area (Å²) in [6.07, 6.45) is 10.5. The lowest BCUT2D eigenvalue weighted by Gasteiger charge is -2.28. The largest absolute Gasteiger partial charge is 0.482 e. The van der Waals surface area contributed by atoms with Gasteiger partial charge >= 0.3 is 5.97 Å². The van der Waals surface area contributed by atoms with E-state index >= 15 is 0 Å². The molecular weight excluding hydrogens is 466 g/mol. The van der Waals surface area contributed by atoms with E-state index in [9.17, 15) is 4.79 Å². The second-order valence-electron chi connectivity index (χ2n) is 9.27. The van der Waals surface area contributed by atoms with Crippen molar-refractivity contribution in [2.24, 2.45) is 5.92 Å². The maximum absolute atomic E-state index is 12.6. The SMILES string of the molecule is CC(C)(OC(=O)COc1ccc([S+](c2ccccc2)c2ccccc2)cc1)C1=CC2C=CC=CC2N1. The highest BCUT2D eigenvalue weighted by molar-refractivity contribution is 7.97. The van der Waals surface area contributed by atoms with E-state index in [1.165, 1.54) is 14.7 Å². The van der Waals surface area contributed by atoms with Crippen LogP contribution in [0, 0.1) is 5.92 Å². The Morgan fingerprint density at radius 1 is 0.833 bits per heavy atom. The van der Waals surface area contributed by atoms with Crippen molar-refractivity contribution in [2.45, 2.75) is 40.2 Å². The molecule has 0 aromatic heterocycles. The van der Waals surface area contributed by atoms with Crippen LogP contribution in [0.15, 0.2) is 136 Å². The molecule has 2 atom stereocenters. The summed E-state index contributed by atoms with van der Waals surface area (Å²) in [6, 6.07) is 29.2. The highest BCUT2D eigenvalue weighted by Gasteiger charge is 2.35. The van der Waals surface area contributed by atoms with Crippen LogP contribution in [0.5, 0.6) is 5.75 Å². The molecule has 1 aliphatic carbocycles. The van der Waals surface area contributed by atoms with Crippen LogP contribution in [-0.4, -0.2) is 24.2 Å². The third kappa shape index (κ3) is 5.42. The number of esters is 1. The van der Waals surface area contributed by atoms with E-state index in [4.69, 9.17) is 9.47 Å². The Kier molecular flexibility index (Phi) is 7.01. The zero-order valence-electron chi connectivity index (χ0n) is 20.5. The minimum atomic E-state index is -0.761. The predicted molar refractivity (Wildman–Crippen MR) is 144 cm³/mol. The van der Waals surface area contributed by atoms with Crippen molar-refractivity contribution in [2.75, 3.05) is 6.61 Å². The van der Waals surface area contributed by atoms with E-state index < -0.39 is 11.6 Å². The van der Waals surface area contributed by atoms with E-state index in [1.54, 1.807) is 0 Å². The van der Waals surface area contributed by atoms with Crippen molar-refractivity contribution in [1.29, 1.82) is 0 Å². The number of ether oxygens (including phenoxy) is 2. The third-order valence-corrected chi connectivity index (χ3v) is 8.48. The zero-order valence-corrected chi connectivity index (χ0v) is 21.3. The molecule has 182 valence electrons. The maximum atomic E-state index is 12.6.